The molecule has 0 atom stereocenters. The lowest BCUT2D eigenvalue weighted by atomic mass is 10.2. The Hall–Kier alpha value is -2.69. The molecule has 3 rings (SSSR count). The third-order valence-electron chi connectivity index (χ3n) is 2.96. The van der Waals surface area contributed by atoms with Crippen LogP contribution in [0.4, 0.5) is 8.78 Å². The van der Waals surface area contributed by atoms with E-state index in [4.69, 9.17) is 9.15 Å². The summed E-state index contributed by atoms with van der Waals surface area (Å²) in [4.78, 5) is 11.2. The summed E-state index contributed by atoms with van der Waals surface area (Å²) in [5.41, 5.74) is 0.238. The van der Waals surface area contributed by atoms with Crippen molar-refractivity contribution in [3.05, 3.63) is 70.1 Å². The molecule has 0 unspecified atom stereocenters. The Morgan fingerprint density at radius 2 is 1.67 bits per heavy atom. The maximum atomic E-state index is 13.7. The molecule has 0 saturated heterocycles. The molecule has 106 valence electrons. The van der Waals surface area contributed by atoms with E-state index >= 15 is 0 Å². The van der Waals surface area contributed by atoms with Gasteiger partial charge in [0.05, 0.1) is 0 Å². The van der Waals surface area contributed by atoms with Crippen molar-refractivity contribution in [3.63, 3.8) is 0 Å². The molecule has 0 radical (unpaired) electrons. The molecule has 0 aliphatic rings. The predicted molar refractivity (Wildman–Crippen MR) is 73.7 cm³/mol. The molecule has 0 aliphatic heterocycles. The highest BCUT2D eigenvalue weighted by molar-refractivity contribution is 5.77. The molecule has 3 aromatic rings. The van der Waals surface area contributed by atoms with E-state index in [9.17, 15) is 13.6 Å². The average molecular weight is 288 g/mol. The number of ether oxygens (including phenoxy) is 1. The van der Waals surface area contributed by atoms with E-state index in [-0.39, 0.29) is 11.3 Å². The second kappa shape index (κ2) is 5.01. The van der Waals surface area contributed by atoms with Gasteiger partial charge in [-0.15, -0.1) is 0 Å². The lowest BCUT2D eigenvalue weighted by Crippen LogP contribution is -1.96. The van der Waals surface area contributed by atoms with Crippen molar-refractivity contribution in [1.82, 2.24) is 0 Å². The summed E-state index contributed by atoms with van der Waals surface area (Å²) < 4.78 is 37.7. The summed E-state index contributed by atoms with van der Waals surface area (Å²) in [7, 11) is 0. The Morgan fingerprint density at radius 3 is 2.38 bits per heavy atom. The van der Waals surface area contributed by atoms with Gasteiger partial charge in [-0.1, -0.05) is 0 Å². The predicted octanol–water partition coefficient (Wildman–Crippen LogP) is 4.17. The van der Waals surface area contributed by atoms with Crippen molar-refractivity contribution in [3.8, 4) is 11.5 Å². The number of halogens is 2. The Bertz CT molecular complexity index is 861. The van der Waals surface area contributed by atoms with Gasteiger partial charge in [0.1, 0.15) is 11.3 Å². The highest BCUT2D eigenvalue weighted by Crippen LogP contribution is 2.30. The van der Waals surface area contributed by atoms with Crippen LogP contribution in [-0.4, -0.2) is 0 Å². The number of aryl methyl sites for hydroxylation is 1. The molecule has 3 nitrogen and oxygen atoms in total. The van der Waals surface area contributed by atoms with E-state index in [0.717, 1.165) is 0 Å². The highest BCUT2D eigenvalue weighted by atomic mass is 19.1. The molecule has 2 aromatic carbocycles. The average Bonchev–Trinajstić information content (AvgIpc) is 2.42. The van der Waals surface area contributed by atoms with Crippen LogP contribution in [0.3, 0.4) is 0 Å². The monoisotopic (exact) mass is 288 g/mol. The molecule has 1 aromatic heterocycles. The zero-order valence-corrected chi connectivity index (χ0v) is 11.0. The molecule has 1 heterocycles. The quantitative estimate of drug-likeness (QED) is 0.664. The molecule has 0 N–H and O–H groups in total. The maximum Gasteiger partial charge on any atom is 0.336 e. The van der Waals surface area contributed by atoms with Crippen LogP contribution < -0.4 is 10.4 Å². The smallest absolute Gasteiger partial charge is 0.336 e. The third-order valence-corrected chi connectivity index (χ3v) is 2.96. The van der Waals surface area contributed by atoms with Crippen LogP contribution in [0, 0.1) is 18.6 Å². The molecule has 0 aliphatic carbocycles. The summed E-state index contributed by atoms with van der Waals surface area (Å²) in [6.45, 7) is 1.58. The molecular formula is C16H10F2O3. The van der Waals surface area contributed by atoms with E-state index in [1.54, 1.807) is 25.1 Å². The first-order valence-corrected chi connectivity index (χ1v) is 6.20. The Balaban J connectivity index is 2.04. The zero-order chi connectivity index (χ0) is 15.0. The minimum atomic E-state index is -0.790. The van der Waals surface area contributed by atoms with E-state index in [1.165, 1.54) is 24.3 Å². The first-order valence-electron chi connectivity index (χ1n) is 6.20. The lowest BCUT2D eigenvalue weighted by molar-refractivity contribution is 0.406. The van der Waals surface area contributed by atoms with Crippen LogP contribution in [-0.2, 0) is 0 Å². The van der Waals surface area contributed by atoms with Crippen molar-refractivity contribution in [2.24, 2.45) is 0 Å². The van der Waals surface area contributed by atoms with E-state index in [1.807, 2.05) is 0 Å². The molecule has 0 fully saturated rings. The van der Waals surface area contributed by atoms with Gasteiger partial charge in [-0.05, 0) is 42.8 Å². The van der Waals surface area contributed by atoms with E-state index < -0.39 is 23.0 Å². The van der Waals surface area contributed by atoms with Gasteiger partial charge in [0.15, 0.2) is 17.4 Å². The second-order valence-electron chi connectivity index (χ2n) is 4.61. The van der Waals surface area contributed by atoms with Crippen LogP contribution in [0.1, 0.15) is 5.56 Å². The van der Waals surface area contributed by atoms with Crippen LogP contribution in [0.2, 0.25) is 0 Å². The number of rotatable bonds is 2. The number of benzene rings is 2. The SMILES string of the molecule is Cc1cc(F)c(Oc2ccc3ccc(=O)oc3c2)c(F)c1. The lowest BCUT2D eigenvalue weighted by Gasteiger charge is -2.09. The second-order valence-corrected chi connectivity index (χ2v) is 4.61. The van der Waals surface area contributed by atoms with Gasteiger partial charge in [-0.25, -0.2) is 13.6 Å². The highest BCUT2D eigenvalue weighted by Gasteiger charge is 2.13. The summed E-state index contributed by atoms with van der Waals surface area (Å²) in [6.07, 6.45) is 0. The third kappa shape index (κ3) is 2.63. The van der Waals surface area contributed by atoms with Gasteiger partial charge in [0.2, 0.25) is 0 Å². The number of hydrogen-bond acceptors (Lipinski definition) is 3. The largest absolute Gasteiger partial charge is 0.451 e. The molecule has 21 heavy (non-hydrogen) atoms. The molecule has 0 saturated carbocycles. The Kier molecular flexibility index (Phi) is 3.17. The van der Waals surface area contributed by atoms with E-state index in [2.05, 4.69) is 0 Å². The van der Waals surface area contributed by atoms with Gasteiger partial charge in [0, 0.05) is 17.5 Å². The van der Waals surface area contributed by atoms with Gasteiger partial charge in [0.25, 0.3) is 0 Å². The molecule has 0 bridgehead atoms. The van der Waals surface area contributed by atoms with Crippen LogP contribution >= 0.6 is 0 Å². The fourth-order valence-corrected chi connectivity index (χ4v) is 2.01. The number of fused-ring (bicyclic) bond motifs is 1. The maximum absolute atomic E-state index is 13.7. The first kappa shape index (κ1) is 13.3. The molecule has 5 heteroatoms. The van der Waals surface area contributed by atoms with Gasteiger partial charge >= 0.3 is 5.63 Å². The zero-order valence-electron chi connectivity index (χ0n) is 11.0. The fourth-order valence-electron chi connectivity index (χ4n) is 2.01. The van der Waals surface area contributed by atoms with Crippen molar-refractivity contribution in [2.75, 3.05) is 0 Å². The standard InChI is InChI=1S/C16H10F2O3/c1-9-6-12(17)16(13(18)7-9)20-11-4-2-10-3-5-15(19)21-14(10)8-11/h2-8H,1H3. The topological polar surface area (TPSA) is 39.4 Å². The number of hydrogen-bond donors (Lipinski definition) is 0. The van der Waals surface area contributed by atoms with Crippen molar-refractivity contribution < 1.29 is 17.9 Å². The minimum absolute atomic E-state index is 0.179. The summed E-state index contributed by atoms with van der Waals surface area (Å²) in [5.74, 6) is -1.89. The fraction of sp³-hybridized carbons (Fsp3) is 0.0625. The van der Waals surface area contributed by atoms with Crippen LogP contribution in [0.5, 0.6) is 11.5 Å². The van der Waals surface area contributed by atoms with Crippen LogP contribution in [0.15, 0.2) is 51.7 Å². The molecule has 0 spiro atoms. The summed E-state index contributed by atoms with van der Waals surface area (Å²) >= 11 is 0. The normalized spacial score (nSPS) is 10.8. The molecule has 0 amide bonds. The Labute approximate surface area is 118 Å². The van der Waals surface area contributed by atoms with Gasteiger partial charge < -0.3 is 9.15 Å². The Morgan fingerprint density at radius 1 is 1.00 bits per heavy atom. The van der Waals surface area contributed by atoms with Crippen LogP contribution in [0.25, 0.3) is 11.0 Å². The van der Waals surface area contributed by atoms with Gasteiger partial charge in [-0.2, -0.15) is 0 Å². The van der Waals surface area contributed by atoms with Gasteiger partial charge in [-0.3, -0.25) is 0 Å². The summed E-state index contributed by atoms with van der Waals surface area (Å²) in [6, 6.07) is 9.84. The van der Waals surface area contributed by atoms with E-state index in [0.29, 0.717) is 10.9 Å². The first-order chi connectivity index (χ1) is 10.0. The van der Waals surface area contributed by atoms with Crippen molar-refractivity contribution in [1.29, 1.82) is 0 Å². The van der Waals surface area contributed by atoms with Crippen molar-refractivity contribution in [2.45, 2.75) is 6.92 Å². The summed E-state index contributed by atoms with van der Waals surface area (Å²) in [5, 5.41) is 0.687. The van der Waals surface area contributed by atoms with Crippen molar-refractivity contribution >= 4 is 11.0 Å². The minimum Gasteiger partial charge on any atom is -0.451 e. The molecular weight excluding hydrogens is 278 g/mol.